The first-order valence-electron chi connectivity index (χ1n) is 8.44. The molecule has 0 aromatic rings. The van der Waals surface area contributed by atoms with Crippen molar-refractivity contribution >= 4 is 25.9 Å². The lowest BCUT2D eigenvalue weighted by molar-refractivity contribution is 0.0685. The highest BCUT2D eigenvalue weighted by Crippen LogP contribution is 2.45. The van der Waals surface area contributed by atoms with Crippen LogP contribution in [-0.2, 0) is 15.8 Å². The molecule has 1 saturated carbocycles. The first kappa shape index (κ1) is 20.2. The van der Waals surface area contributed by atoms with Gasteiger partial charge in [-0.2, -0.15) is 0 Å². The van der Waals surface area contributed by atoms with Gasteiger partial charge in [-0.3, -0.25) is 0 Å². The fourth-order valence-corrected chi connectivity index (χ4v) is 4.69. The lowest BCUT2D eigenvalue weighted by Crippen LogP contribution is -2.49. The van der Waals surface area contributed by atoms with E-state index < -0.39 is 19.7 Å². The van der Waals surface area contributed by atoms with Gasteiger partial charge in [0.15, 0.2) is 8.32 Å². The van der Waals surface area contributed by atoms with Crippen molar-refractivity contribution in [1.82, 2.24) is 0 Å². The molecule has 1 aliphatic carbocycles. The third-order valence-electron chi connectivity index (χ3n) is 4.95. The highest BCUT2D eigenvalue weighted by molar-refractivity contribution is 7.91. The van der Waals surface area contributed by atoms with Crippen LogP contribution >= 0.6 is 0 Å². The minimum absolute atomic E-state index is 0.0748. The summed E-state index contributed by atoms with van der Waals surface area (Å²) >= 11 is -1.17. The van der Waals surface area contributed by atoms with Gasteiger partial charge in [0.2, 0.25) is 0 Å². The minimum Gasteiger partial charge on any atom is -0.591 e. The Balaban J connectivity index is 2.79. The van der Waals surface area contributed by atoms with Crippen LogP contribution in [0.2, 0.25) is 18.1 Å². The van der Waals surface area contributed by atoms with Crippen LogP contribution in [0.4, 0.5) is 0 Å². The highest BCUT2D eigenvalue weighted by atomic mass is 32.2. The van der Waals surface area contributed by atoms with E-state index in [2.05, 4.69) is 38.3 Å². The van der Waals surface area contributed by atoms with E-state index >= 15 is 0 Å². The summed E-state index contributed by atoms with van der Waals surface area (Å²) < 4.78 is 22.8. The molecule has 0 N–H and O–H groups in total. The van der Waals surface area contributed by atoms with Crippen LogP contribution in [0.15, 0.2) is 4.40 Å². The van der Waals surface area contributed by atoms with Gasteiger partial charge in [0.05, 0.1) is 11.8 Å². The largest absolute Gasteiger partial charge is 0.591 e. The summed E-state index contributed by atoms with van der Waals surface area (Å²) in [6, 6.07) is 0. The summed E-state index contributed by atoms with van der Waals surface area (Å²) in [6.07, 6.45) is 7.32. The van der Waals surface area contributed by atoms with Gasteiger partial charge < -0.3 is 8.98 Å². The first-order chi connectivity index (χ1) is 9.79. The van der Waals surface area contributed by atoms with Crippen LogP contribution in [0.25, 0.3) is 0 Å². The summed E-state index contributed by atoms with van der Waals surface area (Å²) in [7, 11) is -1.79. The zero-order valence-corrected chi connectivity index (χ0v) is 17.6. The summed E-state index contributed by atoms with van der Waals surface area (Å²) in [5.74, 6) is 0. The molecule has 3 nitrogen and oxygen atoms in total. The van der Waals surface area contributed by atoms with Gasteiger partial charge in [-0.1, -0.05) is 38.0 Å². The second-order valence-corrected chi connectivity index (χ2v) is 15.8. The Morgan fingerprint density at radius 1 is 1.14 bits per heavy atom. The van der Waals surface area contributed by atoms with E-state index in [0.717, 1.165) is 19.3 Å². The zero-order valence-electron chi connectivity index (χ0n) is 15.8. The van der Waals surface area contributed by atoms with Gasteiger partial charge in [0, 0.05) is 6.42 Å². The molecule has 1 rings (SSSR count). The van der Waals surface area contributed by atoms with Crippen LogP contribution in [0, 0.1) is 0 Å². The molecule has 5 heteroatoms. The van der Waals surface area contributed by atoms with Crippen molar-refractivity contribution in [2.45, 2.75) is 102 Å². The number of nitrogens with zero attached hydrogens (tertiary/aromatic N) is 1. The molecule has 130 valence electrons. The van der Waals surface area contributed by atoms with Gasteiger partial charge in [-0.15, -0.1) is 0 Å². The van der Waals surface area contributed by atoms with Crippen molar-refractivity contribution in [2.24, 2.45) is 4.40 Å². The number of rotatable bonds is 5. The van der Waals surface area contributed by atoms with Crippen molar-refractivity contribution in [3.05, 3.63) is 0 Å². The third-order valence-corrected chi connectivity index (χ3v) is 10.9. The van der Waals surface area contributed by atoms with Crippen molar-refractivity contribution in [3.8, 4) is 0 Å². The third kappa shape index (κ3) is 5.36. The Labute approximate surface area is 141 Å². The first-order valence-corrected chi connectivity index (χ1v) is 12.5. The Kier molecular flexibility index (Phi) is 6.39. The summed E-state index contributed by atoms with van der Waals surface area (Å²) in [5, 5.41) is 0.216. The molecular formula is C17H35NO2SSi. The molecule has 22 heavy (non-hydrogen) atoms. The predicted octanol–water partition coefficient (Wildman–Crippen LogP) is 5.24. The molecule has 1 atom stereocenters. The van der Waals surface area contributed by atoms with Crippen LogP contribution in [0.5, 0.6) is 0 Å². The maximum atomic E-state index is 12.1. The molecule has 0 radical (unpaired) electrons. The second kappa shape index (κ2) is 6.95. The molecule has 1 fully saturated rings. The fourth-order valence-electron chi connectivity index (χ4n) is 2.49. The summed E-state index contributed by atoms with van der Waals surface area (Å²) in [4.78, 5) is 0. The summed E-state index contributed by atoms with van der Waals surface area (Å²) in [6.45, 7) is 17.3. The predicted molar refractivity (Wildman–Crippen MR) is 100 cm³/mol. The SMILES string of the molecule is CC(C)(C)[S+]([O-])N=CCC1(O[Si](C)(C)C(C)(C)C)CCCC1. The molecule has 0 aliphatic heterocycles. The van der Waals surface area contributed by atoms with Crippen molar-refractivity contribution in [3.63, 3.8) is 0 Å². The molecule has 0 heterocycles. The Morgan fingerprint density at radius 3 is 2.05 bits per heavy atom. The molecule has 1 aliphatic rings. The van der Waals surface area contributed by atoms with Crippen molar-refractivity contribution < 1.29 is 8.98 Å². The van der Waals surface area contributed by atoms with Crippen molar-refractivity contribution in [1.29, 1.82) is 0 Å². The van der Waals surface area contributed by atoms with E-state index in [4.69, 9.17) is 4.43 Å². The van der Waals surface area contributed by atoms with Crippen LogP contribution in [-0.4, -0.2) is 29.4 Å². The number of hydrogen-bond donors (Lipinski definition) is 0. The smallest absolute Gasteiger partial charge is 0.192 e. The quantitative estimate of drug-likeness (QED) is 0.388. The van der Waals surface area contributed by atoms with Crippen LogP contribution < -0.4 is 0 Å². The van der Waals surface area contributed by atoms with E-state index in [1.54, 1.807) is 0 Å². The Hall–Kier alpha value is 0.157. The van der Waals surface area contributed by atoms with E-state index in [0.29, 0.717) is 0 Å². The molecule has 0 saturated heterocycles. The van der Waals surface area contributed by atoms with Gasteiger partial charge >= 0.3 is 0 Å². The maximum Gasteiger partial charge on any atom is 0.192 e. The lowest BCUT2D eigenvalue weighted by atomic mass is 9.99. The average molecular weight is 346 g/mol. The highest BCUT2D eigenvalue weighted by Gasteiger charge is 2.45. The fraction of sp³-hybridized carbons (Fsp3) is 0.941. The standard InChI is InChI=1S/C17H35NO2SSi/c1-15(2,3)21(19)18-14-13-17(11-9-10-12-17)20-22(7,8)16(4,5)6/h14H,9-13H2,1-8H3. The zero-order chi connectivity index (χ0) is 17.2. The second-order valence-electron chi connectivity index (χ2n) is 9.11. The minimum atomic E-state index is -1.79. The van der Waals surface area contributed by atoms with Gasteiger partial charge in [-0.05, 0) is 51.7 Å². The average Bonchev–Trinajstić information content (AvgIpc) is 2.74. The lowest BCUT2D eigenvalue weighted by Gasteiger charge is -2.44. The maximum absolute atomic E-state index is 12.1. The number of hydrogen-bond acceptors (Lipinski definition) is 3. The van der Waals surface area contributed by atoms with E-state index in [9.17, 15) is 4.55 Å². The summed E-state index contributed by atoms with van der Waals surface area (Å²) in [5.41, 5.74) is -0.0748. The molecule has 0 bridgehead atoms. The van der Waals surface area contributed by atoms with Crippen molar-refractivity contribution in [2.75, 3.05) is 0 Å². The molecule has 1 unspecified atom stereocenters. The van der Waals surface area contributed by atoms with E-state index in [-0.39, 0.29) is 15.4 Å². The molecule has 0 amide bonds. The van der Waals surface area contributed by atoms with Crippen LogP contribution in [0.3, 0.4) is 0 Å². The van der Waals surface area contributed by atoms with E-state index in [1.807, 2.05) is 27.0 Å². The van der Waals surface area contributed by atoms with Gasteiger partial charge in [0.1, 0.15) is 16.1 Å². The Bertz CT molecular complexity index is 390. The molecule has 0 aromatic heterocycles. The van der Waals surface area contributed by atoms with Gasteiger partial charge in [-0.25, -0.2) is 0 Å². The molecule has 0 spiro atoms. The monoisotopic (exact) mass is 345 g/mol. The normalized spacial score (nSPS) is 21.5. The van der Waals surface area contributed by atoms with E-state index in [1.165, 1.54) is 12.8 Å². The van der Waals surface area contributed by atoms with Gasteiger partial charge in [0.25, 0.3) is 0 Å². The molecule has 0 aromatic carbocycles. The molecular weight excluding hydrogens is 310 g/mol. The van der Waals surface area contributed by atoms with Crippen LogP contribution in [0.1, 0.15) is 73.6 Å². The Morgan fingerprint density at radius 2 is 1.64 bits per heavy atom. The topological polar surface area (TPSA) is 44.7 Å².